The molecule has 1 aromatic rings. The molecular formula is C8H9ClFN. The fraction of sp³-hybridized carbons (Fsp3) is 0.250. The Balaban J connectivity index is 3.13. The van der Waals surface area contributed by atoms with Gasteiger partial charge in [-0.1, -0.05) is 11.6 Å². The Labute approximate surface area is 70.0 Å². The zero-order valence-electron chi connectivity index (χ0n) is 6.14. The summed E-state index contributed by atoms with van der Waals surface area (Å²) < 4.78 is 12.9. The van der Waals surface area contributed by atoms with Gasteiger partial charge in [0.2, 0.25) is 0 Å². The predicted octanol–water partition coefficient (Wildman–Crippen LogP) is 2.50. The van der Waals surface area contributed by atoms with E-state index in [1.807, 2.05) is 0 Å². The van der Waals surface area contributed by atoms with E-state index in [1.54, 1.807) is 13.0 Å². The van der Waals surface area contributed by atoms with Gasteiger partial charge in [0.1, 0.15) is 5.82 Å². The zero-order chi connectivity index (χ0) is 8.43. The summed E-state index contributed by atoms with van der Waals surface area (Å²) in [6, 6.07) is 4.06. The second-order valence-corrected chi connectivity index (χ2v) is 2.89. The summed E-state index contributed by atoms with van der Waals surface area (Å²) in [5.74, 6) is -0.301. The fourth-order valence-electron chi connectivity index (χ4n) is 0.864. The van der Waals surface area contributed by atoms with Gasteiger partial charge in [-0.05, 0) is 25.1 Å². The first-order valence-corrected chi connectivity index (χ1v) is 3.69. The molecule has 0 radical (unpaired) electrons. The van der Waals surface area contributed by atoms with Crippen LogP contribution in [-0.4, -0.2) is 0 Å². The van der Waals surface area contributed by atoms with Crippen molar-refractivity contribution in [1.29, 1.82) is 0 Å². The lowest BCUT2D eigenvalue weighted by Gasteiger charge is -2.06. The molecule has 0 aromatic heterocycles. The second kappa shape index (κ2) is 3.20. The third kappa shape index (κ3) is 1.91. The van der Waals surface area contributed by atoms with Gasteiger partial charge in [0.15, 0.2) is 0 Å². The predicted molar refractivity (Wildman–Crippen MR) is 44.0 cm³/mol. The Morgan fingerprint density at radius 2 is 2.18 bits per heavy atom. The summed E-state index contributed by atoms with van der Waals surface area (Å²) in [7, 11) is 0. The molecule has 0 unspecified atom stereocenters. The van der Waals surface area contributed by atoms with Crippen LogP contribution in [0.15, 0.2) is 18.2 Å². The van der Waals surface area contributed by atoms with Gasteiger partial charge in [0, 0.05) is 16.6 Å². The highest BCUT2D eigenvalue weighted by molar-refractivity contribution is 6.30. The van der Waals surface area contributed by atoms with Gasteiger partial charge >= 0.3 is 0 Å². The minimum atomic E-state index is -0.311. The SMILES string of the molecule is C[C@H](N)c1cc(Cl)ccc1F. The summed E-state index contributed by atoms with van der Waals surface area (Å²) >= 11 is 5.64. The highest BCUT2D eigenvalue weighted by Gasteiger charge is 2.06. The van der Waals surface area contributed by atoms with Crippen molar-refractivity contribution in [1.82, 2.24) is 0 Å². The molecule has 0 aliphatic heterocycles. The Hall–Kier alpha value is -0.600. The van der Waals surface area contributed by atoms with Crippen LogP contribution in [0.1, 0.15) is 18.5 Å². The third-order valence-corrected chi connectivity index (χ3v) is 1.68. The summed E-state index contributed by atoms with van der Waals surface area (Å²) in [4.78, 5) is 0. The largest absolute Gasteiger partial charge is 0.324 e. The van der Waals surface area contributed by atoms with Crippen molar-refractivity contribution in [3.8, 4) is 0 Å². The maximum Gasteiger partial charge on any atom is 0.128 e. The molecule has 1 aromatic carbocycles. The number of halogens is 2. The molecular weight excluding hydrogens is 165 g/mol. The molecule has 0 saturated carbocycles. The monoisotopic (exact) mass is 173 g/mol. The van der Waals surface area contributed by atoms with Gasteiger partial charge in [-0.3, -0.25) is 0 Å². The highest BCUT2D eigenvalue weighted by atomic mass is 35.5. The smallest absolute Gasteiger partial charge is 0.128 e. The summed E-state index contributed by atoms with van der Waals surface area (Å²) in [6.07, 6.45) is 0. The van der Waals surface area contributed by atoms with Crippen LogP contribution in [0.3, 0.4) is 0 Å². The zero-order valence-corrected chi connectivity index (χ0v) is 6.90. The lowest BCUT2D eigenvalue weighted by Crippen LogP contribution is -2.06. The number of hydrogen-bond donors (Lipinski definition) is 1. The molecule has 3 heteroatoms. The fourth-order valence-corrected chi connectivity index (χ4v) is 1.04. The van der Waals surface area contributed by atoms with E-state index in [9.17, 15) is 4.39 Å². The third-order valence-electron chi connectivity index (χ3n) is 1.45. The molecule has 0 bridgehead atoms. The minimum absolute atomic E-state index is 0.301. The number of rotatable bonds is 1. The Bertz CT molecular complexity index is 260. The topological polar surface area (TPSA) is 26.0 Å². The van der Waals surface area contributed by atoms with Crippen LogP contribution in [-0.2, 0) is 0 Å². The quantitative estimate of drug-likeness (QED) is 0.694. The average molecular weight is 174 g/mol. The maximum atomic E-state index is 12.9. The molecule has 0 saturated heterocycles. The summed E-state index contributed by atoms with van der Waals surface area (Å²) in [6.45, 7) is 1.72. The highest BCUT2D eigenvalue weighted by Crippen LogP contribution is 2.19. The van der Waals surface area contributed by atoms with E-state index in [0.717, 1.165) is 0 Å². The van der Waals surface area contributed by atoms with Gasteiger partial charge in [-0.25, -0.2) is 4.39 Å². The lowest BCUT2D eigenvalue weighted by molar-refractivity contribution is 0.594. The van der Waals surface area contributed by atoms with Crippen LogP contribution in [0.5, 0.6) is 0 Å². The van der Waals surface area contributed by atoms with Crippen LogP contribution in [0.2, 0.25) is 5.02 Å². The summed E-state index contributed by atoms with van der Waals surface area (Å²) in [5, 5.41) is 0.513. The van der Waals surface area contributed by atoms with E-state index in [4.69, 9.17) is 17.3 Å². The van der Waals surface area contributed by atoms with Crippen LogP contribution in [0, 0.1) is 5.82 Å². The van der Waals surface area contributed by atoms with E-state index >= 15 is 0 Å². The summed E-state index contributed by atoms with van der Waals surface area (Å²) in [5.41, 5.74) is 5.94. The van der Waals surface area contributed by atoms with Gasteiger partial charge in [-0.15, -0.1) is 0 Å². The first-order chi connectivity index (χ1) is 5.11. The van der Waals surface area contributed by atoms with Crippen LogP contribution in [0.4, 0.5) is 4.39 Å². The Morgan fingerprint density at radius 3 is 2.64 bits per heavy atom. The Kier molecular flexibility index (Phi) is 2.47. The van der Waals surface area contributed by atoms with Gasteiger partial charge in [0.05, 0.1) is 0 Å². The van der Waals surface area contributed by atoms with Crippen molar-refractivity contribution >= 4 is 11.6 Å². The maximum absolute atomic E-state index is 12.9. The minimum Gasteiger partial charge on any atom is -0.324 e. The normalized spacial score (nSPS) is 13.1. The van der Waals surface area contributed by atoms with E-state index in [-0.39, 0.29) is 11.9 Å². The van der Waals surface area contributed by atoms with Crippen molar-refractivity contribution in [2.24, 2.45) is 5.73 Å². The van der Waals surface area contributed by atoms with Gasteiger partial charge in [-0.2, -0.15) is 0 Å². The number of hydrogen-bond acceptors (Lipinski definition) is 1. The van der Waals surface area contributed by atoms with Gasteiger partial charge < -0.3 is 5.73 Å². The van der Waals surface area contributed by atoms with E-state index in [1.165, 1.54) is 12.1 Å². The van der Waals surface area contributed by atoms with Gasteiger partial charge in [0.25, 0.3) is 0 Å². The van der Waals surface area contributed by atoms with Crippen molar-refractivity contribution in [2.75, 3.05) is 0 Å². The van der Waals surface area contributed by atoms with Crippen molar-refractivity contribution in [3.63, 3.8) is 0 Å². The van der Waals surface area contributed by atoms with Crippen molar-refractivity contribution < 1.29 is 4.39 Å². The molecule has 1 atom stereocenters. The molecule has 0 spiro atoms. The second-order valence-electron chi connectivity index (χ2n) is 2.45. The number of nitrogens with two attached hydrogens (primary N) is 1. The van der Waals surface area contributed by atoms with E-state index < -0.39 is 0 Å². The molecule has 1 nitrogen and oxygen atoms in total. The molecule has 1 rings (SSSR count). The molecule has 0 aliphatic rings. The van der Waals surface area contributed by atoms with Crippen LogP contribution >= 0.6 is 11.6 Å². The molecule has 0 heterocycles. The molecule has 11 heavy (non-hydrogen) atoms. The average Bonchev–Trinajstić information content (AvgIpc) is 1.94. The standard InChI is InChI=1S/C8H9ClFN/c1-5(11)7-4-6(9)2-3-8(7)10/h2-5H,11H2,1H3/t5-/m0/s1. The van der Waals surface area contributed by atoms with E-state index in [0.29, 0.717) is 10.6 Å². The van der Waals surface area contributed by atoms with Crippen LogP contribution < -0.4 is 5.73 Å². The first kappa shape index (κ1) is 8.50. The molecule has 2 N–H and O–H groups in total. The van der Waals surface area contributed by atoms with Crippen molar-refractivity contribution in [3.05, 3.63) is 34.6 Å². The van der Waals surface area contributed by atoms with Crippen LogP contribution in [0.25, 0.3) is 0 Å². The molecule has 0 aliphatic carbocycles. The number of benzene rings is 1. The van der Waals surface area contributed by atoms with E-state index in [2.05, 4.69) is 0 Å². The molecule has 0 fully saturated rings. The lowest BCUT2D eigenvalue weighted by atomic mass is 10.1. The van der Waals surface area contributed by atoms with Crippen molar-refractivity contribution in [2.45, 2.75) is 13.0 Å². The molecule has 0 amide bonds. The molecule has 60 valence electrons. The first-order valence-electron chi connectivity index (χ1n) is 3.32. The Morgan fingerprint density at radius 1 is 1.55 bits per heavy atom.